The van der Waals surface area contributed by atoms with E-state index in [1.54, 1.807) is 0 Å². The van der Waals surface area contributed by atoms with Gasteiger partial charge in [0.1, 0.15) is 0 Å². The number of rotatable bonds is 3. The minimum Gasteiger partial charge on any atom is -0.343 e. The summed E-state index contributed by atoms with van der Waals surface area (Å²) in [5, 5.41) is 0. The summed E-state index contributed by atoms with van der Waals surface area (Å²) in [6.45, 7) is 6.18. The Labute approximate surface area is 81.3 Å². The molecule has 1 saturated heterocycles. The van der Waals surface area contributed by atoms with Gasteiger partial charge in [-0.1, -0.05) is 26.7 Å². The summed E-state index contributed by atoms with van der Waals surface area (Å²) in [5.41, 5.74) is 0. The molecule has 0 bridgehead atoms. The second-order valence-electron chi connectivity index (χ2n) is 3.97. The lowest BCUT2D eigenvalue weighted by Gasteiger charge is -2.31. The van der Waals surface area contributed by atoms with Gasteiger partial charge in [0.25, 0.3) is 0 Å². The normalized spacial score (nSPS) is 19.1. The highest BCUT2D eigenvalue weighted by Crippen LogP contribution is 2.21. The van der Waals surface area contributed by atoms with Crippen LogP contribution in [0.25, 0.3) is 0 Å². The quantitative estimate of drug-likeness (QED) is 0.658. The topological polar surface area (TPSA) is 20.3 Å². The van der Waals surface area contributed by atoms with Crippen LogP contribution in [-0.2, 0) is 4.79 Å². The first kappa shape index (κ1) is 10.6. The van der Waals surface area contributed by atoms with E-state index in [4.69, 9.17) is 0 Å². The molecule has 1 aliphatic heterocycles. The van der Waals surface area contributed by atoms with Gasteiger partial charge in [-0.3, -0.25) is 4.79 Å². The third-order valence-electron chi connectivity index (χ3n) is 2.97. The van der Waals surface area contributed by atoms with Crippen molar-refractivity contribution in [1.82, 2.24) is 4.90 Å². The Morgan fingerprint density at radius 1 is 1.31 bits per heavy atom. The molecule has 13 heavy (non-hydrogen) atoms. The summed E-state index contributed by atoms with van der Waals surface area (Å²) in [6.07, 6.45) is 5.73. The maximum absolute atomic E-state index is 11.4. The summed E-state index contributed by atoms with van der Waals surface area (Å²) >= 11 is 0. The monoisotopic (exact) mass is 183 g/mol. The van der Waals surface area contributed by atoms with Crippen LogP contribution in [0.15, 0.2) is 0 Å². The van der Waals surface area contributed by atoms with Gasteiger partial charge in [0.15, 0.2) is 0 Å². The van der Waals surface area contributed by atoms with Crippen LogP contribution >= 0.6 is 0 Å². The van der Waals surface area contributed by atoms with E-state index >= 15 is 0 Å². The Morgan fingerprint density at radius 3 is 2.38 bits per heavy atom. The van der Waals surface area contributed by atoms with Gasteiger partial charge in [0.05, 0.1) is 0 Å². The van der Waals surface area contributed by atoms with Crippen molar-refractivity contribution in [3.05, 3.63) is 0 Å². The van der Waals surface area contributed by atoms with Crippen molar-refractivity contribution in [2.45, 2.75) is 46.0 Å². The molecule has 0 unspecified atom stereocenters. The zero-order valence-electron chi connectivity index (χ0n) is 8.88. The maximum atomic E-state index is 11.4. The van der Waals surface area contributed by atoms with Crippen LogP contribution in [-0.4, -0.2) is 23.9 Å². The molecule has 0 atom stereocenters. The number of nitrogens with zero attached hydrogens (tertiary/aromatic N) is 1. The van der Waals surface area contributed by atoms with E-state index in [9.17, 15) is 4.79 Å². The predicted octanol–water partition coefficient (Wildman–Crippen LogP) is 2.44. The van der Waals surface area contributed by atoms with Gasteiger partial charge in [-0.05, 0) is 18.8 Å². The molecule has 0 N–H and O–H groups in total. The highest BCUT2D eigenvalue weighted by atomic mass is 16.2. The summed E-state index contributed by atoms with van der Waals surface area (Å²) in [6, 6.07) is 0. The van der Waals surface area contributed by atoms with Gasteiger partial charge in [-0.15, -0.1) is 0 Å². The molecule has 0 aromatic heterocycles. The fraction of sp³-hybridized carbons (Fsp3) is 0.909. The lowest BCUT2D eigenvalue weighted by atomic mass is 9.92. The molecule has 1 fully saturated rings. The molecule has 0 radical (unpaired) electrons. The second kappa shape index (κ2) is 5.25. The third-order valence-corrected chi connectivity index (χ3v) is 2.97. The van der Waals surface area contributed by atoms with E-state index in [1.165, 1.54) is 25.7 Å². The number of hydrogen-bond donors (Lipinski definition) is 0. The molecular formula is C11H21NO. The zero-order valence-corrected chi connectivity index (χ0v) is 8.88. The largest absolute Gasteiger partial charge is 0.343 e. The lowest BCUT2D eigenvalue weighted by Crippen LogP contribution is -2.37. The van der Waals surface area contributed by atoms with E-state index in [0.717, 1.165) is 19.0 Å². The van der Waals surface area contributed by atoms with Crippen molar-refractivity contribution in [2.24, 2.45) is 5.92 Å². The van der Waals surface area contributed by atoms with Crippen molar-refractivity contribution >= 4 is 5.91 Å². The van der Waals surface area contributed by atoms with Crippen molar-refractivity contribution in [3.63, 3.8) is 0 Å². The fourth-order valence-electron chi connectivity index (χ4n) is 2.10. The van der Waals surface area contributed by atoms with Crippen LogP contribution < -0.4 is 0 Å². The molecule has 0 spiro atoms. The Bertz CT molecular complexity index is 159. The Balaban J connectivity index is 2.26. The van der Waals surface area contributed by atoms with Gasteiger partial charge in [-0.25, -0.2) is 0 Å². The summed E-state index contributed by atoms with van der Waals surface area (Å²) in [5.74, 6) is 1.21. The molecule has 1 heterocycles. The number of likely N-dealkylation sites (tertiary alicyclic amines) is 1. The van der Waals surface area contributed by atoms with Crippen LogP contribution in [0, 0.1) is 5.92 Å². The van der Waals surface area contributed by atoms with E-state index in [1.807, 2.05) is 11.8 Å². The predicted molar refractivity (Wildman–Crippen MR) is 54.5 cm³/mol. The SMILES string of the molecule is CCCC1CCN(C(=O)CC)CC1. The minimum absolute atomic E-state index is 0.329. The molecule has 0 aliphatic carbocycles. The molecule has 0 aromatic rings. The average molecular weight is 183 g/mol. The van der Waals surface area contributed by atoms with Crippen LogP contribution in [0.2, 0.25) is 0 Å². The van der Waals surface area contributed by atoms with Crippen LogP contribution in [0.5, 0.6) is 0 Å². The summed E-state index contributed by atoms with van der Waals surface area (Å²) in [7, 11) is 0. The van der Waals surface area contributed by atoms with E-state index in [-0.39, 0.29) is 0 Å². The van der Waals surface area contributed by atoms with E-state index in [2.05, 4.69) is 6.92 Å². The van der Waals surface area contributed by atoms with Crippen molar-refractivity contribution in [2.75, 3.05) is 13.1 Å². The number of piperidine rings is 1. The molecule has 1 aliphatic rings. The Kier molecular flexibility index (Phi) is 4.26. The van der Waals surface area contributed by atoms with E-state index < -0.39 is 0 Å². The Morgan fingerprint density at radius 2 is 1.92 bits per heavy atom. The van der Waals surface area contributed by atoms with Crippen LogP contribution in [0.4, 0.5) is 0 Å². The highest BCUT2D eigenvalue weighted by molar-refractivity contribution is 5.75. The summed E-state index contributed by atoms with van der Waals surface area (Å²) < 4.78 is 0. The highest BCUT2D eigenvalue weighted by Gasteiger charge is 2.20. The van der Waals surface area contributed by atoms with Crippen molar-refractivity contribution < 1.29 is 4.79 Å². The van der Waals surface area contributed by atoms with Gasteiger partial charge >= 0.3 is 0 Å². The maximum Gasteiger partial charge on any atom is 0.222 e. The molecule has 1 rings (SSSR count). The van der Waals surface area contributed by atoms with Gasteiger partial charge < -0.3 is 4.90 Å². The van der Waals surface area contributed by atoms with Gasteiger partial charge in [0, 0.05) is 19.5 Å². The lowest BCUT2D eigenvalue weighted by molar-refractivity contribution is -0.132. The molecule has 76 valence electrons. The van der Waals surface area contributed by atoms with Crippen LogP contribution in [0.3, 0.4) is 0 Å². The first-order valence-electron chi connectivity index (χ1n) is 5.55. The first-order valence-corrected chi connectivity index (χ1v) is 5.55. The number of carbonyl (C=O) groups is 1. The molecule has 0 aromatic carbocycles. The first-order chi connectivity index (χ1) is 6.27. The minimum atomic E-state index is 0.329. The standard InChI is InChI=1S/C11H21NO/c1-3-5-10-6-8-12(9-7-10)11(13)4-2/h10H,3-9H2,1-2H3. The molecule has 0 saturated carbocycles. The molecule has 1 amide bonds. The zero-order chi connectivity index (χ0) is 9.68. The number of hydrogen-bond acceptors (Lipinski definition) is 1. The third kappa shape index (κ3) is 3.02. The second-order valence-corrected chi connectivity index (χ2v) is 3.97. The fourth-order valence-corrected chi connectivity index (χ4v) is 2.10. The van der Waals surface area contributed by atoms with Gasteiger partial charge in [-0.2, -0.15) is 0 Å². The summed E-state index contributed by atoms with van der Waals surface area (Å²) in [4.78, 5) is 13.4. The molecular weight excluding hydrogens is 162 g/mol. The van der Waals surface area contributed by atoms with Crippen LogP contribution in [0.1, 0.15) is 46.0 Å². The van der Waals surface area contributed by atoms with Crippen molar-refractivity contribution in [1.29, 1.82) is 0 Å². The Hall–Kier alpha value is -0.530. The molecule has 2 heteroatoms. The number of amides is 1. The average Bonchev–Trinajstić information content (AvgIpc) is 2.18. The van der Waals surface area contributed by atoms with Crippen molar-refractivity contribution in [3.8, 4) is 0 Å². The molecule has 2 nitrogen and oxygen atoms in total. The smallest absolute Gasteiger partial charge is 0.222 e. The van der Waals surface area contributed by atoms with E-state index in [0.29, 0.717) is 12.3 Å². The number of carbonyl (C=O) groups excluding carboxylic acids is 1. The van der Waals surface area contributed by atoms with Gasteiger partial charge in [0.2, 0.25) is 5.91 Å².